The number of aromatic nitrogens is 4. The van der Waals surface area contributed by atoms with Crippen LogP contribution in [0.15, 0.2) is 6.33 Å². The number of nitrogen functional groups attached to an aromatic ring is 1. The zero-order valence-electron chi connectivity index (χ0n) is 11.5. The Hall–Kier alpha value is -1.11. The molecule has 2 aliphatic carbocycles. The van der Waals surface area contributed by atoms with Crippen LogP contribution in [0.1, 0.15) is 37.9 Å². The van der Waals surface area contributed by atoms with Crippen molar-refractivity contribution >= 4 is 41.8 Å². The van der Waals surface area contributed by atoms with Crippen LogP contribution in [-0.4, -0.2) is 31.1 Å². The minimum Gasteiger partial charge on any atom is -0.393 e. The molecule has 8 heteroatoms. The SMILES string of the molecule is Cl.Cl.Nc1nc(C23CCCC2C(O)CC3)nc2nc[nH]c12. The van der Waals surface area contributed by atoms with Crippen LogP contribution < -0.4 is 5.73 Å². The molecule has 3 atom stereocenters. The molecule has 2 fully saturated rings. The first-order valence-corrected chi connectivity index (χ1v) is 6.86. The lowest BCUT2D eigenvalue weighted by molar-refractivity contribution is 0.117. The van der Waals surface area contributed by atoms with Crippen LogP contribution in [0.3, 0.4) is 0 Å². The number of halogens is 2. The molecular weight excluding hydrogens is 313 g/mol. The first-order chi connectivity index (χ1) is 9.21. The zero-order chi connectivity index (χ0) is 13.0. The van der Waals surface area contributed by atoms with E-state index < -0.39 is 0 Å². The van der Waals surface area contributed by atoms with E-state index in [1.54, 1.807) is 6.33 Å². The summed E-state index contributed by atoms with van der Waals surface area (Å²) in [6, 6.07) is 0. The molecule has 0 radical (unpaired) electrons. The van der Waals surface area contributed by atoms with Crippen LogP contribution in [0.25, 0.3) is 11.2 Å². The van der Waals surface area contributed by atoms with Crippen molar-refractivity contribution in [1.29, 1.82) is 0 Å². The number of nitrogens with two attached hydrogens (primary N) is 1. The molecule has 116 valence electrons. The van der Waals surface area contributed by atoms with E-state index in [4.69, 9.17) is 5.73 Å². The maximum atomic E-state index is 10.2. The minimum absolute atomic E-state index is 0. The van der Waals surface area contributed by atoms with Gasteiger partial charge in [-0.3, -0.25) is 0 Å². The molecule has 2 heterocycles. The predicted molar refractivity (Wildman–Crippen MR) is 84.9 cm³/mol. The third-order valence-corrected chi connectivity index (χ3v) is 4.96. The van der Waals surface area contributed by atoms with Crippen LogP contribution in [0, 0.1) is 5.92 Å². The van der Waals surface area contributed by atoms with Crippen molar-refractivity contribution in [3.8, 4) is 0 Å². The standard InChI is InChI=1S/C13H17N5O.2ClH/c14-10-9-11(16-6-15-9)18-12(17-10)13-4-1-2-7(13)8(19)3-5-13;;/h6-8,19H,1-5H2,(H3,14,15,16,17,18);2*1H. The van der Waals surface area contributed by atoms with Gasteiger partial charge in [-0.05, 0) is 31.6 Å². The summed E-state index contributed by atoms with van der Waals surface area (Å²) in [7, 11) is 0. The largest absolute Gasteiger partial charge is 0.393 e. The van der Waals surface area contributed by atoms with Gasteiger partial charge >= 0.3 is 0 Å². The molecule has 0 amide bonds. The summed E-state index contributed by atoms with van der Waals surface area (Å²) >= 11 is 0. The number of hydrogen-bond acceptors (Lipinski definition) is 5. The molecule has 4 rings (SSSR count). The summed E-state index contributed by atoms with van der Waals surface area (Å²) in [5, 5.41) is 10.2. The first kappa shape index (κ1) is 16.3. The van der Waals surface area contributed by atoms with Gasteiger partial charge in [0.25, 0.3) is 0 Å². The highest BCUT2D eigenvalue weighted by atomic mass is 35.5. The normalized spacial score (nSPS) is 30.7. The summed E-state index contributed by atoms with van der Waals surface area (Å²) in [6.07, 6.45) is 6.40. The monoisotopic (exact) mass is 331 g/mol. The number of nitrogens with one attached hydrogen (secondary N) is 1. The highest BCUT2D eigenvalue weighted by Crippen LogP contribution is 2.54. The Bertz CT molecular complexity index is 649. The molecule has 2 saturated carbocycles. The highest BCUT2D eigenvalue weighted by Gasteiger charge is 2.53. The van der Waals surface area contributed by atoms with Crippen molar-refractivity contribution in [2.24, 2.45) is 5.92 Å². The summed E-state index contributed by atoms with van der Waals surface area (Å²) in [4.78, 5) is 16.3. The number of aromatic amines is 1. The summed E-state index contributed by atoms with van der Waals surface area (Å²) in [6.45, 7) is 0. The van der Waals surface area contributed by atoms with Gasteiger partial charge in [-0.15, -0.1) is 24.8 Å². The van der Waals surface area contributed by atoms with Crippen molar-refractivity contribution < 1.29 is 5.11 Å². The van der Waals surface area contributed by atoms with Crippen molar-refractivity contribution in [3.63, 3.8) is 0 Å². The number of fused-ring (bicyclic) bond motifs is 2. The highest BCUT2D eigenvalue weighted by molar-refractivity contribution is 5.85. The molecule has 3 unspecified atom stereocenters. The Morgan fingerprint density at radius 1 is 1.24 bits per heavy atom. The van der Waals surface area contributed by atoms with E-state index in [0.717, 1.165) is 37.9 Å². The van der Waals surface area contributed by atoms with Crippen molar-refractivity contribution in [2.75, 3.05) is 5.73 Å². The number of imidazole rings is 1. The maximum absolute atomic E-state index is 10.2. The quantitative estimate of drug-likeness (QED) is 0.741. The lowest BCUT2D eigenvalue weighted by atomic mass is 9.79. The molecule has 21 heavy (non-hydrogen) atoms. The van der Waals surface area contributed by atoms with Crippen molar-refractivity contribution in [2.45, 2.75) is 43.6 Å². The second-order valence-corrected chi connectivity index (χ2v) is 5.79. The fourth-order valence-corrected chi connectivity index (χ4v) is 4.04. The smallest absolute Gasteiger partial charge is 0.183 e. The van der Waals surface area contributed by atoms with Gasteiger partial charge in [0.2, 0.25) is 0 Å². The summed E-state index contributed by atoms with van der Waals surface area (Å²) in [5.41, 5.74) is 7.25. The number of rotatable bonds is 1. The average molecular weight is 332 g/mol. The van der Waals surface area contributed by atoms with Gasteiger partial charge in [0.1, 0.15) is 11.3 Å². The van der Waals surface area contributed by atoms with E-state index in [9.17, 15) is 5.11 Å². The van der Waals surface area contributed by atoms with Gasteiger partial charge in [0, 0.05) is 5.41 Å². The molecule has 0 spiro atoms. The van der Waals surface area contributed by atoms with E-state index in [1.165, 1.54) is 0 Å². The van der Waals surface area contributed by atoms with Crippen LogP contribution in [0.4, 0.5) is 5.82 Å². The summed E-state index contributed by atoms with van der Waals surface area (Å²) in [5.74, 6) is 1.52. The van der Waals surface area contributed by atoms with Gasteiger partial charge < -0.3 is 15.8 Å². The molecule has 2 aromatic heterocycles. The number of anilines is 1. The number of aliphatic hydroxyl groups excluding tert-OH is 1. The fraction of sp³-hybridized carbons (Fsp3) is 0.615. The number of nitrogens with zero attached hydrogens (tertiary/aromatic N) is 3. The number of aliphatic hydroxyl groups is 1. The molecule has 2 aromatic rings. The van der Waals surface area contributed by atoms with Gasteiger partial charge in [-0.2, -0.15) is 0 Å². The lowest BCUT2D eigenvalue weighted by Gasteiger charge is -2.28. The predicted octanol–water partition coefficient (Wildman–Crippen LogP) is 1.97. The Morgan fingerprint density at radius 3 is 2.86 bits per heavy atom. The number of H-pyrrole nitrogens is 1. The van der Waals surface area contributed by atoms with E-state index >= 15 is 0 Å². The van der Waals surface area contributed by atoms with Crippen LogP contribution in [0.5, 0.6) is 0 Å². The van der Waals surface area contributed by atoms with Crippen molar-refractivity contribution in [3.05, 3.63) is 12.2 Å². The molecule has 0 aliphatic heterocycles. The Kier molecular flexibility index (Phi) is 4.33. The molecule has 2 aliphatic rings. The van der Waals surface area contributed by atoms with E-state index in [1.807, 2.05) is 0 Å². The molecular formula is C13H19Cl2N5O. The average Bonchev–Trinajstić information content (AvgIpc) is 3.06. The zero-order valence-corrected chi connectivity index (χ0v) is 13.1. The van der Waals surface area contributed by atoms with Gasteiger partial charge in [-0.25, -0.2) is 15.0 Å². The number of hydrogen-bond donors (Lipinski definition) is 3. The maximum Gasteiger partial charge on any atom is 0.183 e. The molecule has 4 N–H and O–H groups in total. The Balaban J connectivity index is 0.000000807. The lowest BCUT2D eigenvalue weighted by Crippen LogP contribution is -2.32. The first-order valence-electron chi connectivity index (χ1n) is 6.86. The third kappa shape index (κ3) is 2.17. The van der Waals surface area contributed by atoms with Crippen LogP contribution >= 0.6 is 24.8 Å². The molecule has 0 saturated heterocycles. The summed E-state index contributed by atoms with van der Waals surface area (Å²) < 4.78 is 0. The second kappa shape index (κ2) is 5.59. The molecule has 0 bridgehead atoms. The van der Waals surface area contributed by atoms with Crippen LogP contribution in [0.2, 0.25) is 0 Å². The van der Waals surface area contributed by atoms with E-state index in [2.05, 4.69) is 19.9 Å². The van der Waals surface area contributed by atoms with E-state index in [0.29, 0.717) is 17.0 Å². The van der Waals surface area contributed by atoms with E-state index in [-0.39, 0.29) is 42.3 Å². The fourth-order valence-electron chi connectivity index (χ4n) is 4.04. The second-order valence-electron chi connectivity index (χ2n) is 5.79. The topological polar surface area (TPSA) is 101 Å². The van der Waals surface area contributed by atoms with Gasteiger partial charge in [0.05, 0.1) is 12.4 Å². The van der Waals surface area contributed by atoms with Gasteiger partial charge in [-0.1, -0.05) is 6.42 Å². The Labute approximate surface area is 134 Å². The Morgan fingerprint density at radius 2 is 2.05 bits per heavy atom. The van der Waals surface area contributed by atoms with Gasteiger partial charge in [0.15, 0.2) is 11.5 Å². The molecule has 6 nitrogen and oxygen atoms in total. The van der Waals surface area contributed by atoms with Crippen molar-refractivity contribution in [1.82, 2.24) is 19.9 Å². The van der Waals surface area contributed by atoms with Crippen LogP contribution in [-0.2, 0) is 5.41 Å². The third-order valence-electron chi connectivity index (χ3n) is 4.96. The molecule has 0 aromatic carbocycles. The minimum atomic E-state index is -0.220.